The van der Waals surface area contributed by atoms with Crippen LogP contribution in [0.4, 0.5) is 5.69 Å². The Bertz CT molecular complexity index is 650. The molecule has 2 rings (SSSR count). The lowest BCUT2D eigenvalue weighted by Crippen LogP contribution is -2.09. The molecule has 0 aliphatic carbocycles. The first-order chi connectivity index (χ1) is 10.1. The number of ether oxygens (including phenoxy) is 2. The van der Waals surface area contributed by atoms with E-state index in [0.29, 0.717) is 22.7 Å². The number of rotatable bonds is 4. The highest BCUT2D eigenvalue weighted by Crippen LogP contribution is 2.18. The van der Waals surface area contributed by atoms with Gasteiger partial charge in [0.2, 0.25) is 5.91 Å². The number of hydrogen-bond acceptors (Lipinski definition) is 4. The molecule has 21 heavy (non-hydrogen) atoms. The van der Waals surface area contributed by atoms with Crippen LogP contribution < -0.4 is 14.8 Å². The van der Waals surface area contributed by atoms with Gasteiger partial charge in [-0.1, -0.05) is 6.07 Å². The average molecular weight is 285 g/mol. The number of benzene rings is 2. The molecule has 0 saturated carbocycles. The van der Waals surface area contributed by atoms with Gasteiger partial charge in [-0.25, -0.2) is 4.79 Å². The van der Waals surface area contributed by atoms with E-state index < -0.39 is 5.97 Å². The predicted molar refractivity (Wildman–Crippen MR) is 78.7 cm³/mol. The second-order valence-corrected chi connectivity index (χ2v) is 4.33. The van der Waals surface area contributed by atoms with E-state index in [9.17, 15) is 9.59 Å². The zero-order chi connectivity index (χ0) is 15.2. The van der Waals surface area contributed by atoms with Crippen molar-refractivity contribution in [2.45, 2.75) is 6.92 Å². The SMILES string of the molecule is COc1cccc(C(=O)Oc2ccc(NC(C)=O)cc2)c1. The van der Waals surface area contributed by atoms with Crippen LogP contribution in [0.3, 0.4) is 0 Å². The zero-order valence-corrected chi connectivity index (χ0v) is 11.8. The summed E-state index contributed by atoms with van der Waals surface area (Å²) in [5, 5.41) is 2.64. The molecular weight excluding hydrogens is 270 g/mol. The lowest BCUT2D eigenvalue weighted by molar-refractivity contribution is -0.114. The van der Waals surface area contributed by atoms with Gasteiger partial charge in [0.1, 0.15) is 11.5 Å². The molecule has 108 valence electrons. The van der Waals surface area contributed by atoms with Gasteiger partial charge in [0.25, 0.3) is 0 Å². The summed E-state index contributed by atoms with van der Waals surface area (Å²) in [4.78, 5) is 22.9. The largest absolute Gasteiger partial charge is 0.497 e. The molecule has 0 aliphatic heterocycles. The third kappa shape index (κ3) is 4.07. The summed E-state index contributed by atoms with van der Waals surface area (Å²) in [5.41, 5.74) is 1.05. The fraction of sp³-hybridized carbons (Fsp3) is 0.125. The maximum absolute atomic E-state index is 12.0. The van der Waals surface area contributed by atoms with Gasteiger partial charge in [0.15, 0.2) is 0 Å². The summed E-state index contributed by atoms with van der Waals surface area (Å²) in [6.07, 6.45) is 0. The molecule has 2 aromatic carbocycles. The van der Waals surface area contributed by atoms with Gasteiger partial charge in [0.05, 0.1) is 12.7 Å². The molecule has 1 N–H and O–H groups in total. The Morgan fingerprint density at radius 1 is 1.00 bits per heavy atom. The van der Waals surface area contributed by atoms with Crippen LogP contribution in [0.5, 0.6) is 11.5 Å². The van der Waals surface area contributed by atoms with Crippen LogP contribution in [0.2, 0.25) is 0 Å². The van der Waals surface area contributed by atoms with Crippen molar-refractivity contribution in [1.29, 1.82) is 0 Å². The molecule has 2 aromatic rings. The summed E-state index contributed by atoms with van der Waals surface area (Å²) in [6.45, 7) is 1.43. The monoisotopic (exact) mass is 285 g/mol. The fourth-order valence-corrected chi connectivity index (χ4v) is 1.73. The van der Waals surface area contributed by atoms with E-state index in [1.54, 1.807) is 48.5 Å². The summed E-state index contributed by atoms with van der Waals surface area (Å²) >= 11 is 0. The molecule has 0 heterocycles. The van der Waals surface area contributed by atoms with Crippen molar-refractivity contribution in [2.75, 3.05) is 12.4 Å². The third-order valence-electron chi connectivity index (χ3n) is 2.69. The third-order valence-corrected chi connectivity index (χ3v) is 2.69. The van der Waals surface area contributed by atoms with E-state index in [0.717, 1.165) is 0 Å². The first-order valence-corrected chi connectivity index (χ1v) is 6.32. The van der Waals surface area contributed by atoms with Gasteiger partial charge in [-0.15, -0.1) is 0 Å². The summed E-state index contributed by atoms with van der Waals surface area (Å²) in [5.74, 6) is 0.361. The van der Waals surface area contributed by atoms with E-state index in [4.69, 9.17) is 9.47 Å². The van der Waals surface area contributed by atoms with Gasteiger partial charge in [0, 0.05) is 12.6 Å². The van der Waals surface area contributed by atoms with Crippen LogP contribution in [0, 0.1) is 0 Å². The maximum Gasteiger partial charge on any atom is 0.343 e. The highest BCUT2D eigenvalue weighted by atomic mass is 16.5. The molecule has 0 radical (unpaired) electrons. The predicted octanol–water partition coefficient (Wildman–Crippen LogP) is 2.87. The molecule has 0 bridgehead atoms. The van der Waals surface area contributed by atoms with Crippen LogP contribution in [-0.2, 0) is 4.79 Å². The van der Waals surface area contributed by atoms with Crippen molar-refractivity contribution in [2.24, 2.45) is 0 Å². The number of anilines is 1. The molecular formula is C16H15NO4. The lowest BCUT2D eigenvalue weighted by Gasteiger charge is -2.07. The minimum Gasteiger partial charge on any atom is -0.497 e. The lowest BCUT2D eigenvalue weighted by atomic mass is 10.2. The molecule has 5 heteroatoms. The smallest absolute Gasteiger partial charge is 0.343 e. The number of carbonyl (C=O) groups is 2. The quantitative estimate of drug-likeness (QED) is 0.693. The summed E-state index contributed by atoms with van der Waals surface area (Å²) < 4.78 is 10.3. The maximum atomic E-state index is 12.0. The van der Waals surface area contributed by atoms with Crippen molar-refractivity contribution in [1.82, 2.24) is 0 Å². The van der Waals surface area contributed by atoms with Gasteiger partial charge in [-0.2, -0.15) is 0 Å². The Hall–Kier alpha value is -2.82. The van der Waals surface area contributed by atoms with Crippen LogP contribution >= 0.6 is 0 Å². The molecule has 0 fully saturated rings. The van der Waals surface area contributed by atoms with Crippen LogP contribution in [0.25, 0.3) is 0 Å². The van der Waals surface area contributed by atoms with Gasteiger partial charge in [-0.05, 0) is 42.5 Å². The van der Waals surface area contributed by atoms with E-state index in [1.807, 2.05) is 0 Å². The number of esters is 1. The number of amides is 1. The number of carbonyl (C=O) groups excluding carboxylic acids is 2. The van der Waals surface area contributed by atoms with E-state index in [-0.39, 0.29) is 5.91 Å². The van der Waals surface area contributed by atoms with Crippen molar-refractivity contribution in [3.05, 3.63) is 54.1 Å². The Morgan fingerprint density at radius 2 is 1.71 bits per heavy atom. The topological polar surface area (TPSA) is 64.6 Å². The Kier molecular flexibility index (Phi) is 4.56. The summed E-state index contributed by atoms with van der Waals surface area (Å²) in [7, 11) is 1.53. The van der Waals surface area contributed by atoms with Crippen LogP contribution in [-0.4, -0.2) is 19.0 Å². The Morgan fingerprint density at radius 3 is 2.33 bits per heavy atom. The van der Waals surface area contributed by atoms with E-state index in [2.05, 4.69) is 5.32 Å². The second-order valence-electron chi connectivity index (χ2n) is 4.33. The minimum atomic E-state index is -0.471. The standard InChI is InChI=1S/C16H15NO4/c1-11(18)17-13-6-8-14(9-7-13)21-16(19)12-4-3-5-15(10-12)20-2/h3-10H,1-2H3,(H,17,18). The molecule has 0 aromatic heterocycles. The average Bonchev–Trinajstić information content (AvgIpc) is 2.49. The van der Waals surface area contributed by atoms with Gasteiger partial charge < -0.3 is 14.8 Å². The van der Waals surface area contributed by atoms with E-state index >= 15 is 0 Å². The highest BCUT2D eigenvalue weighted by molar-refractivity contribution is 5.92. The van der Waals surface area contributed by atoms with Crippen molar-refractivity contribution in [3.8, 4) is 11.5 Å². The molecule has 0 unspecified atom stereocenters. The molecule has 0 spiro atoms. The molecule has 5 nitrogen and oxygen atoms in total. The van der Waals surface area contributed by atoms with Crippen molar-refractivity contribution >= 4 is 17.6 Å². The first kappa shape index (κ1) is 14.6. The second kappa shape index (κ2) is 6.56. The number of hydrogen-bond donors (Lipinski definition) is 1. The molecule has 0 atom stereocenters. The summed E-state index contributed by atoms with van der Waals surface area (Å²) in [6, 6.07) is 13.3. The molecule has 1 amide bonds. The Labute approximate surface area is 122 Å². The van der Waals surface area contributed by atoms with Crippen molar-refractivity contribution in [3.63, 3.8) is 0 Å². The van der Waals surface area contributed by atoms with Gasteiger partial charge in [-0.3, -0.25) is 4.79 Å². The molecule has 0 saturated heterocycles. The van der Waals surface area contributed by atoms with Crippen LogP contribution in [0.15, 0.2) is 48.5 Å². The highest BCUT2D eigenvalue weighted by Gasteiger charge is 2.09. The Balaban J connectivity index is 2.06. The minimum absolute atomic E-state index is 0.156. The van der Waals surface area contributed by atoms with E-state index in [1.165, 1.54) is 14.0 Å². The molecule has 0 aliphatic rings. The number of nitrogens with one attached hydrogen (secondary N) is 1. The van der Waals surface area contributed by atoms with Gasteiger partial charge >= 0.3 is 5.97 Å². The zero-order valence-electron chi connectivity index (χ0n) is 11.8. The normalized spacial score (nSPS) is 9.81. The number of methoxy groups -OCH3 is 1. The first-order valence-electron chi connectivity index (χ1n) is 6.32. The van der Waals surface area contributed by atoms with Crippen LogP contribution in [0.1, 0.15) is 17.3 Å². The van der Waals surface area contributed by atoms with Crippen molar-refractivity contribution < 1.29 is 19.1 Å². The fourth-order valence-electron chi connectivity index (χ4n) is 1.73.